The molecule has 1 aromatic carbocycles. The van der Waals surface area contributed by atoms with Gasteiger partial charge in [-0.1, -0.05) is 31.9 Å². The zero-order valence-corrected chi connectivity index (χ0v) is 19.6. The van der Waals surface area contributed by atoms with Crippen LogP contribution >= 0.6 is 11.6 Å². The molecular weight excluding hydrogens is 432 g/mol. The Kier molecular flexibility index (Phi) is 9.35. The van der Waals surface area contributed by atoms with Crippen molar-refractivity contribution in [2.75, 3.05) is 45.9 Å². The normalized spacial score (nSPS) is 17.1. The summed E-state index contributed by atoms with van der Waals surface area (Å²) in [6, 6.07) is 7.10. The molecule has 1 aliphatic heterocycles. The van der Waals surface area contributed by atoms with E-state index in [0.717, 1.165) is 32.6 Å². The van der Waals surface area contributed by atoms with E-state index in [-0.39, 0.29) is 12.5 Å². The Morgan fingerprint density at radius 2 is 1.94 bits per heavy atom. The number of aliphatic hydroxyl groups excluding tert-OH is 1. The van der Waals surface area contributed by atoms with Crippen LogP contribution in [0.5, 0.6) is 5.75 Å². The molecule has 2 heterocycles. The fourth-order valence-electron chi connectivity index (χ4n) is 3.38. The van der Waals surface area contributed by atoms with Crippen LogP contribution in [0.4, 0.5) is 0 Å². The maximum absolute atomic E-state index is 12.2. The van der Waals surface area contributed by atoms with Crippen molar-refractivity contribution in [2.24, 2.45) is 5.92 Å². The topological polar surface area (TPSA) is 91.1 Å². The van der Waals surface area contributed by atoms with E-state index >= 15 is 0 Å². The molecule has 9 heteroatoms. The molecule has 176 valence electrons. The number of hydrogen-bond donors (Lipinski definition) is 2. The number of piperazine rings is 1. The summed E-state index contributed by atoms with van der Waals surface area (Å²) < 4.78 is 11.1. The predicted octanol–water partition coefficient (Wildman–Crippen LogP) is 2.66. The average Bonchev–Trinajstić information content (AvgIpc) is 3.26. The number of rotatable bonds is 11. The summed E-state index contributed by atoms with van der Waals surface area (Å²) in [6.45, 7) is 9.53. The van der Waals surface area contributed by atoms with Crippen molar-refractivity contribution >= 4 is 17.5 Å². The van der Waals surface area contributed by atoms with Gasteiger partial charge in [0.15, 0.2) is 5.69 Å². The van der Waals surface area contributed by atoms with E-state index in [9.17, 15) is 9.90 Å². The number of carbonyl (C=O) groups is 1. The molecule has 0 spiro atoms. The summed E-state index contributed by atoms with van der Waals surface area (Å²) in [6.07, 6.45) is 1.87. The van der Waals surface area contributed by atoms with Crippen LogP contribution in [0.3, 0.4) is 0 Å². The number of aromatic nitrogens is 1. The fourth-order valence-corrected chi connectivity index (χ4v) is 3.51. The van der Waals surface area contributed by atoms with Crippen LogP contribution in [0.15, 0.2) is 34.9 Å². The SMILES string of the molecule is CCC(C)CNC(=O)c1coc(CN2CCN(CC(O)COc3ccc(Cl)cc3)CC2)n1. The van der Waals surface area contributed by atoms with Crippen LogP contribution in [0.1, 0.15) is 36.6 Å². The lowest BCUT2D eigenvalue weighted by molar-refractivity contribution is 0.0430. The molecule has 0 aliphatic carbocycles. The van der Waals surface area contributed by atoms with Crippen molar-refractivity contribution in [2.45, 2.75) is 32.9 Å². The number of aliphatic hydroxyl groups is 1. The number of halogens is 1. The molecule has 1 aromatic heterocycles. The minimum absolute atomic E-state index is 0.195. The van der Waals surface area contributed by atoms with Crippen molar-refractivity contribution in [3.8, 4) is 5.75 Å². The number of β-amino-alcohol motifs (C(OH)–C–C–N with tert-alkyl or cyclic N) is 1. The molecule has 1 saturated heterocycles. The molecule has 2 aromatic rings. The molecule has 0 bridgehead atoms. The zero-order valence-electron chi connectivity index (χ0n) is 18.8. The minimum Gasteiger partial charge on any atom is -0.491 e. The summed E-state index contributed by atoms with van der Waals surface area (Å²) in [5, 5.41) is 13.8. The number of benzene rings is 1. The van der Waals surface area contributed by atoms with Gasteiger partial charge in [-0.3, -0.25) is 14.6 Å². The molecule has 2 N–H and O–H groups in total. The fraction of sp³-hybridized carbons (Fsp3) is 0.565. The van der Waals surface area contributed by atoms with Gasteiger partial charge in [0.05, 0.1) is 6.54 Å². The summed E-state index contributed by atoms with van der Waals surface area (Å²) >= 11 is 5.87. The Labute approximate surface area is 194 Å². The van der Waals surface area contributed by atoms with Crippen LogP contribution in [-0.2, 0) is 6.54 Å². The lowest BCUT2D eigenvalue weighted by Gasteiger charge is -2.34. The molecule has 2 atom stereocenters. The van der Waals surface area contributed by atoms with Crippen molar-refractivity contribution < 1.29 is 19.1 Å². The maximum atomic E-state index is 12.2. The Balaban J connectivity index is 1.35. The first-order valence-electron chi connectivity index (χ1n) is 11.2. The number of nitrogens with zero attached hydrogens (tertiary/aromatic N) is 3. The average molecular weight is 465 g/mol. The van der Waals surface area contributed by atoms with E-state index in [1.165, 1.54) is 6.26 Å². The van der Waals surface area contributed by atoms with Gasteiger partial charge in [0.1, 0.15) is 24.7 Å². The Morgan fingerprint density at radius 1 is 1.25 bits per heavy atom. The van der Waals surface area contributed by atoms with Crippen molar-refractivity contribution in [1.82, 2.24) is 20.1 Å². The van der Waals surface area contributed by atoms with E-state index in [4.69, 9.17) is 20.8 Å². The first kappa shape index (κ1) is 24.5. The number of hydrogen-bond acceptors (Lipinski definition) is 7. The number of amides is 1. The first-order chi connectivity index (χ1) is 15.4. The minimum atomic E-state index is -0.569. The standard InChI is InChI=1S/C23H33ClN4O4/c1-3-17(2)12-25-23(30)21-16-32-22(26-21)14-28-10-8-27(9-11-28)13-19(29)15-31-20-6-4-18(24)5-7-20/h4-7,16-17,19,29H,3,8-15H2,1-2H3,(H,25,30). The van der Waals surface area contributed by atoms with Gasteiger partial charge in [0, 0.05) is 44.3 Å². The number of oxazole rings is 1. The van der Waals surface area contributed by atoms with Gasteiger partial charge in [-0.25, -0.2) is 4.98 Å². The van der Waals surface area contributed by atoms with Gasteiger partial charge in [0.2, 0.25) is 5.89 Å². The van der Waals surface area contributed by atoms with Crippen LogP contribution in [0.25, 0.3) is 0 Å². The van der Waals surface area contributed by atoms with Gasteiger partial charge in [-0.05, 0) is 30.2 Å². The second kappa shape index (κ2) is 12.2. The van der Waals surface area contributed by atoms with Gasteiger partial charge in [-0.2, -0.15) is 0 Å². The molecule has 8 nitrogen and oxygen atoms in total. The van der Waals surface area contributed by atoms with E-state index in [0.29, 0.717) is 47.9 Å². The van der Waals surface area contributed by atoms with E-state index in [1.807, 2.05) is 0 Å². The van der Waals surface area contributed by atoms with Gasteiger partial charge in [-0.15, -0.1) is 0 Å². The Morgan fingerprint density at radius 3 is 2.62 bits per heavy atom. The lowest BCUT2D eigenvalue weighted by atomic mass is 10.1. The number of nitrogens with one attached hydrogen (secondary N) is 1. The van der Waals surface area contributed by atoms with Crippen LogP contribution in [0.2, 0.25) is 5.02 Å². The second-order valence-electron chi connectivity index (χ2n) is 8.35. The molecule has 3 rings (SSSR count). The third-order valence-electron chi connectivity index (χ3n) is 5.64. The van der Waals surface area contributed by atoms with Gasteiger partial charge >= 0.3 is 0 Å². The summed E-state index contributed by atoms with van der Waals surface area (Å²) in [5.41, 5.74) is 0.325. The van der Waals surface area contributed by atoms with Crippen molar-refractivity contribution in [1.29, 1.82) is 0 Å². The Hall–Kier alpha value is -2.13. The summed E-state index contributed by atoms with van der Waals surface area (Å²) in [5.74, 6) is 1.48. The number of carbonyl (C=O) groups excluding carboxylic acids is 1. The number of ether oxygens (including phenoxy) is 1. The quantitative estimate of drug-likeness (QED) is 0.528. The first-order valence-corrected chi connectivity index (χ1v) is 11.5. The largest absolute Gasteiger partial charge is 0.491 e. The summed E-state index contributed by atoms with van der Waals surface area (Å²) in [7, 11) is 0. The molecule has 32 heavy (non-hydrogen) atoms. The lowest BCUT2D eigenvalue weighted by Crippen LogP contribution is -2.48. The highest BCUT2D eigenvalue weighted by atomic mass is 35.5. The third-order valence-corrected chi connectivity index (χ3v) is 5.89. The third kappa shape index (κ3) is 7.78. The molecule has 1 fully saturated rings. The highest BCUT2D eigenvalue weighted by Crippen LogP contribution is 2.16. The van der Waals surface area contributed by atoms with Crippen LogP contribution in [-0.4, -0.2) is 77.8 Å². The molecule has 1 amide bonds. The zero-order chi connectivity index (χ0) is 22.9. The van der Waals surface area contributed by atoms with E-state index in [2.05, 4.69) is 33.9 Å². The van der Waals surface area contributed by atoms with Crippen LogP contribution < -0.4 is 10.1 Å². The van der Waals surface area contributed by atoms with Gasteiger partial charge in [0.25, 0.3) is 5.91 Å². The van der Waals surface area contributed by atoms with Crippen molar-refractivity contribution in [3.63, 3.8) is 0 Å². The maximum Gasteiger partial charge on any atom is 0.273 e. The molecule has 0 saturated carbocycles. The van der Waals surface area contributed by atoms with Crippen LogP contribution in [0, 0.1) is 5.92 Å². The Bertz CT molecular complexity index is 837. The molecule has 0 radical (unpaired) electrons. The smallest absolute Gasteiger partial charge is 0.273 e. The second-order valence-corrected chi connectivity index (χ2v) is 8.78. The monoisotopic (exact) mass is 464 g/mol. The highest BCUT2D eigenvalue weighted by Gasteiger charge is 2.21. The predicted molar refractivity (Wildman–Crippen MR) is 123 cm³/mol. The summed E-state index contributed by atoms with van der Waals surface area (Å²) in [4.78, 5) is 21.0. The van der Waals surface area contributed by atoms with Gasteiger partial charge < -0.3 is 19.6 Å². The molecule has 1 aliphatic rings. The highest BCUT2D eigenvalue weighted by molar-refractivity contribution is 6.30. The van der Waals surface area contributed by atoms with Crippen molar-refractivity contribution in [3.05, 3.63) is 47.1 Å². The van der Waals surface area contributed by atoms with E-state index in [1.54, 1.807) is 24.3 Å². The molecule has 2 unspecified atom stereocenters. The molecular formula is C23H33ClN4O4. The van der Waals surface area contributed by atoms with E-state index < -0.39 is 6.10 Å².